The Morgan fingerprint density at radius 2 is 2.00 bits per heavy atom. The fourth-order valence-electron chi connectivity index (χ4n) is 5.05. The molecule has 0 saturated carbocycles. The third kappa shape index (κ3) is 3.44. The van der Waals surface area contributed by atoms with Gasteiger partial charge >= 0.3 is 6.03 Å². The lowest BCUT2D eigenvalue weighted by Crippen LogP contribution is -2.50. The second kappa shape index (κ2) is 7.72. The summed E-state index contributed by atoms with van der Waals surface area (Å²) in [7, 11) is 1.90. The molecule has 31 heavy (non-hydrogen) atoms. The van der Waals surface area contributed by atoms with Crippen LogP contribution < -0.4 is 10.9 Å². The molecule has 2 atom stereocenters. The Hall–Kier alpha value is -3.35. The van der Waals surface area contributed by atoms with E-state index in [1.165, 1.54) is 0 Å². The van der Waals surface area contributed by atoms with E-state index in [1.807, 2.05) is 63.7 Å². The zero-order valence-corrected chi connectivity index (χ0v) is 17.9. The van der Waals surface area contributed by atoms with Gasteiger partial charge in [-0.15, -0.1) is 0 Å². The number of urea groups is 1. The summed E-state index contributed by atoms with van der Waals surface area (Å²) < 4.78 is 3.78. The number of benzene rings is 1. The first kappa shape index (κ1) is 19.6. The monoisotopic (exact) mass is 417 g/mol. The van der Waals surface area contributed by atoms with Gasteiger partial charge in [-0.3, -0.25) is 4.79 Å². The summed E-state index contributed by atoms with van der Waals surface area (Å²) in [6, 6.07) is 11.8. The van der Waals surface area contributed by atoms with Crippen molar-refractivity contribution < 1.29 is 4.79 Å². The number of carbonyl (C=O) groups excluding carboxylic acids is 1. The predicted octanol–water partition coefficient (Wildman–Crippen LogP) is 3.46. The van der Waals surface area contributed by atoms with Gasteiger partial charge in [0.05, 0.1) is 5.56 Å². The number of imidazole rings is 1. The SMILES string of the molecule is CCc1ccccc1NC(=O)N1C[C@@H]2C[C@H](C1)c1ccc(-c3nccn3C)c(=O)n1C2. The molecule has 1 aromatic carbocycles. The second-order valence-corrected chi connectivity index (χ2v) is 8.59. The van der Waals surface area contributed by atoms with Crippen LogP contribution in [0.25, 0.3) is 11.4 Å². The molecular weight excluding hydrogens is 390 g/mol. The van der Waals surface area contributed by atoms with Gasteiger partial charge in [-0.05, 0) is 42.5 Å². The summed E-state index contributed by atoms with van der Waals surface area (Å²) in [6.07, 6.45) is 5.44. The molecular formula is C24H27N5O2. The van der Waals surface area contributed by atoms with Crippen LogP contribution in [0.4, 0.5) is 10.5 Å². The fraction of sp³-hybridized carbons (Fsp3) is 0.375. The van der Waals surface area contributed by atoms with Gasteiger partial charge in [-0.2, -0.15) is 0 Å². The van der Waals surface area contributed by atoms with Crippen LogP contribution >= 0.6 is 0 Å². The summed E-state index contributed by atoms with van der Waals surface area (Å²) in [5.74, 6) is 1.13. The Morgan fingerprint density at radius 1 is 1.16 bits per heavy atom. The maximum absolute atomic E-state index is 13.2. The van der Waals surface area contributed by atoms with Crippen molar-refractivity contribution in [3.05, 3.63) is 70.4 Å². The second-order valence-electron chi connectivity index (χ2n) is 8.59. The summed E-state index contributed by atoms with van der Waals surface area (Å²) in [5, 5.41) is 3.10. The van der Waals surface area contributed by atoms with Crippen molar-refractivity contribution in [2.75, 3.05) is 18.4 Å². The minimum Gasteiger partial charge on any atom is -0.334 e. The molecule has 0 unspecified atom stereocenters. The summed E-state index contributed by atoms with van der Waals surface area (Å²) in [5.41, 5.74) is 3.66. The normalized spacial score (nSPS) is 19.7. The third-order valence-electron chi connectivity index (χ3n) is 6.59. The van der Waals surface area contributed by atoms with Crippen molar-refractivity contribution >= 4 is 11.7 Å². The molecule has 160 valence electrons. The van der Waals surface area contributed by atoms with E-state index in [0.29, 0.717) is 31.0 Å². The molecule has 0 spiro atoms. The number of para-hydroxylation sites is 1. The highest BCUT2D eigenvalue weighted by Crippen LogP contribution is 2.36. The highest BCUT2D eigenvalue weighted by atomic mass is 16.2. The van der Waals surface area contributed by atoms with Gasteiger partial charge in [0.15, 0.2) is 0 Å². The Labute approximate surface area is 181 Å². The summed E-state index contributed by atoms with van der Waals surface area (Å²) >= 11 is 0. The van der Waals surface area contributed by atoms with Gasteiger partial charge in [0.25, 0.3) is 5.56 Å². The lowest BCUT2D eigenvalue weighted by Gasteiger charge is -2.42. The number of fused-ring (bicyclic) bond motifs is 4. The van der Waals surface area contributed by atoms with Gasteiger partial charge in [-0.25, -0.2) is 9.78 Å². The lowest BCUT2D eigenvalue weighted by molar-refractivity contribution is 0.139. The number of nitrogens with one attached hydrogen (secondary N) is 1. The van der Waals surface area contributed by atoms with Crippen molar-refractivity contribution in [3.63, 3.8) is 0 Å². The predicted molar refractivity (Wildman–Crippen MR) is 120 cm³/mol. The molecule has 2 aromatic heterocycles. The minimum absolute atomic E-state index is 0.0104. The zero-order valence-electron chi connectivity index (χ0n) is 17.9. The Balaban J connectivity index is 1.40. The molecule has 1 N–H and O–H groups in total. The average Bonchev–Trinajstić information content (AvgIpc) is 3.20. The number of carbonyl (C=O) groups is 1. The number of amides is 2. The van der Waals surface area contributed by atoms with E-state index in [2.05, 4.69) is 17.2 Å². The first-order valence-corrected chi connectivity index (χ1v) is 10.9. The number of hydrogen-bond acceptors (Lipinski definition) is 3. The Bertz CT molecular complexity index is 1190. The summed E-state index contributed by atoms with van der Waals surface area (Å²) in [6.45, 7) is 4.01. The van der Waals surface area contributed by atoms with Crippen molar-refractivity contribution in [3.8, 4) is 11.4 Å². The van der Waals surface area contributed by atoms with Crippen LogP contribution in [-0.4, -0.2) is 38.1 Å². The van der Waals surface area contributed by atoms with Gasteiger partial charge in [0.2, 0.25) is 0 Å². The van der Waals surface area contributed by atoms with Gasteiger partial charge < -0.3 is 19.4 Å². The molecule has 1 fully saturated rings. The molecule has 2 amide bonds. The molecule has 5 rings (SSSR count). The van der Waals surface area contributed by atoms with Gasteiger partial charge in [-0.1, -0.05) is 25.1 Å². The van der Waals surface area contributed by atoms with Crippen LogP contribution in [0.1, 0.15) is 30.5 Å². The molecule has 7 nitrogen and oxygen atoms in total. The van der Waals surface area contributed by atoms with E-state index in [1.54, 1.807) is 6.20 Å². The van der Waals surface area contributed by atoms with Crippen LogP contribution in [0, 0.1) is 5.92 Å². The van der Waals surface area contributed by atoms with Crippen LogP contribution in [0.15, 0.2) is 53.6 Å². The highest BCUT2D eigenvalue weighted by molar-refractivity contribution is 5.90. The number of anilines is 1. The number of likely N-dealkylation sites (tertiary alicyclic amines) is 1. The molecule has 7 heteroatoms. The lowest BCUT2D eigenvalue weighted by atomic mass is 9.83. The van der Waals surface area contributed by atoms with Crippen LogP contribution in [0.2, 0.25) is 0 Å². The highest BCUT2D eigenvalue weighted by Gasteiger charge is 2.37. The van der Waals surface area contributed by atoms with E-state index in [9.17, 15) is 9.59 Å². The minimum atomic E-state index is -0.0592. The maximum atomic E-state index is 13.2. The van der Waals surface area contributed by atoms with Crippen molar-refractivity contribution in [1.29, 1.82) is 0 Å². The number of aryl methyl sites for hydroxylation is 2. The van der Waals surface area contributed by atoms with Gasteiger partial charge in [0, 0.05) is 56.4 Å². The molecule has 2 bridgehead atoms. The van der Waals surface area contributed by atoms with E-state index >= 15 is 0 Å². The number of hydrogen-bond donors (Lipinski definition) is 1. The molecule has 1 saturated heterocycles. The van der Waals surface area contributed by atoms with Crippen molar-refractivity contribution in [2.45, 2.75) is 32.2 Å². The summed E-state index contributed by atoms with van der Waals surface area (Å²) in [4.78, 5) is 32.5. The zero-order chi connectivity index (χ0) is 21.5. The number of piperidine rings is 1. The van der Waals surface area contributed by atoms with Crippen LogP contribution in [0.5, 0.6) is 0 Å². The standard InChI is InChI=1S/C24H27N5O2/c1-3-17-6-4-5-7-20(17)26-24(31)28-13-16-12-18(15-28)21-9-8-19(23(30)29(21)14-16)22-25-10-11-27(22)2/h4-11,16,18H,3,12-15H2,1-2H3,(H,26,31)/t16-,18+/m0/s1. The molecule has 2 aliphatic rings. The molecule has 0 aliphatic carbocycles. The topological polar surface area (TPSA) is 72.2 Å². The quantitative estimate of drug-likeness (QED) is 0.709. The first-order valence-electron chi connectivity index (χ1n) is 10.9. The Kier molecular flexibility index (Phi) is 4.88. The van der Waals surface area contributed by atoms with Crippen LogP contribution in [-0.2, 0) is 20.0 Å². The number of pyridine rings is 1. The van der Waals surface area contributed by atoms with Crippen molar-refractivity contribution in [1.82, 2.24) is 19.0 Å². The number of rotatable bonds is 3. The van der Waals surface area contributed by atoms with Crippen LogP contribution in [0.3, 0.4) is 0 Å². The molecule has 4 heterocycles. The van der Waals surface area contributed by atoms with Crippen molar-refractivity contribution in [2.24, 2.45) is 13.0 Å². The Morgan fingerprint density at radius 3 is 2.77 bits per heavy atom. The van der Waals surface area contributed by atoms with E-state index < -0.39 is 0 Å². The number of aromatic nitrogens is 3. The average molecular weight is 418 g/mol. The number of nitrogens with zero attached hydrogens (tertiary/aromatic N) is 4. The van der Waals surface area contributed by atoms with E-state index in [-0.39, 0.29) is 23.4 Å². The molecule has 0 radical (unpaired) electrons. The third-order valence-corrected chi connectivity index (χ3v) is 6.59. The molecule has 2 aliphatic heterocycles. The largest absolute Gasteiger partial charge is 0.334 e. The smallest absolute Gasteiger partial charge is 0.321 e. The van der Waals surface area contributed by atoms with E-state index in [4.69, 9.17) is 0 Å². The first-order chi connectivity index (χ1) is 15.0. The maximum Gasteiger partial charge on any atom is 0.321 e. The fourth-order valence-corrected chi connectivity index (χ4v) is 5.05. The van der Waals surface area contributed by atoms with Gasteiger partial charge in [0.1, 0.15) is 5.82 Å². The van der Waals surface area contributed by atoms with E-state index in [0.717, 1.165) is 29.8 Å². The molecule has 3 aromatic rings.